The number of aliphatic hydroxyl groups excluding tert-OH is 2. The zero-order valence-electron chi connectivity index (χ0n) is 17.3. The molecule has 0 spiro atoms. The average Bonchev–Trinajstić information content (AvgIpc) is 2.68. The first-order valence-electron chi connectivity index (χ1n) is 9.71. The Morgan fingerprint density at radius 3 is 2.52 bits per heavy atom. The van der Waals surface area contributed by atoms with Crippen LogP contribution in [0.15, 0.2) is 29.4 Å². The van der Waals surface area contributed by atoms with Crippen molar-refractivity contribution in [2.24, 2.45) is 0 Å². The largest absolute Gasteiger partial charge is 0.472 e. The Hall–Kier alpha value is -2.46. The van der Waals surface area contributed by atoms with Gasteiger partial charge in [-0.25, -0.2) is 17.2 Å². The molecule has 3 N–H and O–H groups in total. The van der Waals surface area contributed by atoms with Crippen LogP contribution in [0.4, 0.5) is 14.6 Å². The maximum Gasteiger partial charge on any atom is 0.302 e. The maximum absolute atomic E-state index is 14.0. The number of aliphatic hydroxyl groups is 2. The highest BCUT2D eigenvalue weighted by molar-refractivity contribution is 7.90. The molecule has 0 aliphatic carbocycles. The summed E-state index contributed by atoms with van der Waals surface area (Å²) < 4.78 is 86.6. The van der Waals surface area contributed by atoms with E-state index in [1.165, 1.54) is 6.92 Å². The van der Waals surface area contributed by atoms with Gasteiger partial charge in [-0.05, 0) is 19.4 Å². The number of hydrogen-bond donors (Lipinski definition) is 3. The van der Waals surface area contributed by atoms with E-state index in [4.69, 9.17) is 9.84 Å². The molecule has 15 heteroatoms. The van der Waals surface area contributed by atoms with Gasteiger partial charge in [-0.15, -0.1) is 0 Å². The highest BCUT2D eigenvalue weighted by Gasteiger charge is 2.30. The summed E-state index contributed by atoms with van der Waals surface area (Å²) in [4.78, 5) is 7.47. The summed E-state index contributed by atoms with van der Waals surface area (Å²) in [5, 5.41) is 17.9. The molecular weight excluding hydrogens is 486 g/mol. The van der Waals surface area contributed by atoms with Crippen LogP contribution in [0.2, 0.25) is 0 Å². The fourth-order valence-corrected chi connectivity index (χ4v) is 5.19. The highest BCUT2D eigenvalue weighted by atomic mass is 32.2. The van der Waals surface area contributed by atoms with Gasteiger partial charge in [0.15, 0.2) is 11.6 Å². The Morgan fingerprint density at radius 1 is 1.21 bits per heavy atom. The number of benzene rings is 1. The zero-order valence-corrected chi connectivity index (χ0v) is 19.0. The number of nitrogens with one attached hydrogen (secondary N) is 1. The van der Waals surface area contributed by atoms with Gasteiger partial charge in [-0.2, -0.15) is 22.7 Å². The number of hydrogen-bond acceptors (Lipinski definition) is 9. The van der Waals surface area contributed by atoms with Crippen LogP contribution in [0.1, 0.15) is 18.9 Å². The van der Waals surface area contributed by atoms with Crippen LogP contribution in [0.25, 0.3) is 0 Å². The number of aromatic nitrogens is 2. The standard InChI is InChI=1S/C18H22F2N4O7S2/c1-11(14(26)9-25)31-16-8-15(23-33(29,30)24-6-3-7-24)21-18(22-16)32(27,28)10-12-4-2-5-13(19)17(12)20/h2,4-5,8,11,14,25-26H,3,6-7,9-10H2,1H3,(H,21,22,23)/t11-,14+/m1/s1. The predicted molar refractivity (Wildman–Crippen MR) is 111 cm³/mol. The van der Waals surface area contributed by atoms with E-state index in [0.717, 1.165) is 28.6 Å². The quantitative estimate of drug-likeness (QED) is 0.381. The molecule has 1 aromatic heterocycles. The van der Waals surface area contributed by atoms with Gasteiger partial charge >= 0.3 is 10.2 Å². The van der Waals surface area contributed by atoms with Crippen molar-refractivity contribution in [1.82, 2.24) is 14.3 Å². The molecule has 11 nitrogen and oxygen atoms in total. The Labute approximate surface area is 189 Å². The molecule has 0 radical (unpaired) electrons. The first kappa shape index (κ1) is 25.2. The minimum atomic E-state index is -4.50. The number of nitrogens with zero attached hydrogens (tertiary/aromatic N) is 3. The Bertz CT molecular complexity index is 1220. The summed E-state index contributed by atoms with van der Waals surface area (Å²) >= 11 is 0. The van der Waals surface area contributed by atoms with Gasteiger partial charge in [0.1, 0.15) is 18.0 Å². The van der Waals surface area contributed by atoms with Crippen molar-refractivity contribution >= 4 is 25.9 Å². The lowest BCUT2D eigenvalue weighted by Gasteiger charge is -2.29. The lowest BCUT2D eigenvalue weighted by Crippen LogP contribution is -2.45. The normalized spacial score (nSPS) is 16.6. The minimum absolute atomic E-state index is 0.271. The van der Waals surface area contributed by atoms with E-state index >= 15 is 0 Å². The van der Waals surface area contributed by atoms with E-state index in [1.54, 1.807) is 0 Å². The van der Waals surface area contributed by atoms with Crippen molar-refractivity contribution in [3.8, 4) is 5.88 Å². The van der Waals surface area contributed by atoms with Crippen molar-refractivity contribution in [2.75, 3.05) is 24.4 Å². The number of anilines is 1. The van der Waals surface area contributed by atoms with Crippen LogP contribution >= 0.6 is 0 Å². The van der Waals surface area contributed by atoms with Crippen LogP contribution in [0, 0.1) is 11.6 Å². The minimum Gasteiger partial charge on any atom is -0.472 e. The van der Waals surface area contributed by atoms with Crippen LogP contribution in [0.3, 0.4) is 0 Å². The summed E-state index contributed by atoms with van der Waals surface area (Å²) in [6.45, 7) is 1.24. The van der Waals surface area contributed by atoms with Gasteiger partial charge in [-0.1, -0.05) is 12.1 Å². The molecule has 0 bridgehead atoms. The van der Waals surface area contributed by atoms with Gasteiger partial charge in [-0.3, -0.25) is 4.72 Å². The molecule has 2 heterocycles. The molecule has 2 aromatic rings. The topological polar surface area (TPSA) is 159 Å². The van der Waals surface area contributed by atoms with E-state index in [0.29, 0.717) is 6.42 Å². The monoisotopic (exact) mass is 508 g/mol. The molecule has 1 aliphatic rings. The first-order valence-corrected chi connectivity index (χ1v) is 12.8. The van der Waals surface area contributed by atoms with E-state index in [9.17, 15) is 30.7 Å². The third kappa shape index (κ3) is 5.92. The third-order valence-electron chi connectivity index (χ3n) is 4.76. The van der Waals surface area contributed by atoms with Crippen LogP contribution < -0.4 is 9.46 Å². The number of sulfone groups is 1. The number of halogens is 2. The molecular formula is C18H22F2N4O7S2. The highest BCUT2D eigenvalue weighted by Crippen LogP contribution is 2.24. The fraction of sp³-hybridized carbons (Fsp3) is 0.444. The molecule has 0 saturated carbocycles. The van der Waals surface area contributed by atoms with Crippen molar-refractivity contribution in [3.63, 3.8) is 0 Å². The molecule has 1 aromatic carbocycles. The lowest BCUT2D eigenvalue weighted by atomic mass is 10.2. The van der Waals surface area contributed by atoms with Gasteiger partial charge in [0.25, 0.3) is 5.16 Å². The van der Waals surface area contributed by atoms with Gasteiger partial charge < -0.3 is 14.9 Å². The second-order valence-corrected chi connectivity index (χ2v) is 10.8. The fourth-order valence-electron chi connectivity index (χ4n) is 2.73. The Balaban J connectivity index is 1.99. The SMILES string of the molecule is C[C@@H](Oc1cc(NS(=O)(=O)N2CCC2)nc(S(=O)(=O)Cc2cccc(F)c2F)n1)[C@@H](O)CO. The van der Waals surface area contributed by atoms with E-state index in [2.05, 4.69) is 14.7 Å². The van der Waals surface area contributed by atoms with Gasteiger partial charge in [0.05, 0.1) is 12.4 Å². The van der Waals surface area contributed by atoms with Crippen molar-refractivity contribution in [3.05, 3.63) is 41.5 Å². The predicted octanol–water partition coefficient (Wildman–Crippen LogP) is 0.212. The molecule has 1 saturated heterocycles. The van der Waals surface area contributed by atoms with Crippen molar-refractivity contribution < 1.29 is 40.6 Å². The first-order chi connectivity index (χ1) is 15.4. The summed E-state index contributed by atoms with van der Waals surface area (Å²) in [6, 6.07) is 4.03. The smallest absolute Gasteiger partial charge is 0.302 e. The summed E-state index contributed by atoms with van der Waals surface area (Å²) in [6.07, 6.45) is -1.74. The lowest BCUT2D eigenvalue weighted by molar-refractivity contribution is 0.00597. The van der Waals surface area contributed by atoms with E-state index < -0.39 is 78.7 Å². The summed E-state index contributed by atoms with van der Waals surface area (Å²) in [5.74, 6) is -4.48. The third-order valence-corrected chi connectivity index (χ3v) is 7.70. The second-order valence-electron chi connectivity index (χ2n) is 7.28. The molecule has 0 unspecified atom stereocenters. The van der Waals surface area contributed by atoms with E-state index in [1.807, 2.05) is 0 Å². The molecule has 0 amide bonds. The van der Waals surface area contributed by atoms with Crippen LogP contribution in [-0.4, -0.2) is 73.2 Å². The van der Waals surface area contributed by atoms with Crippen LogP contribution in [0.5, 0.6) is 5.88 Å². The molecule has 33 heavy (non-hydrogen) atoms. The van der Waals surface area contributed by atoms with Gasteiger partial charge in [0, 0.05) is 24.7 Å². The van der Waals surface area contributed by atoms with E-state index in [-0.39, 0.29) is 13.1 Å². The zero-order chi connectivity index (χ0) is 24.4. The summed E-state index contributed by atoms with van der Waals surface area (Å²) in [5.41, 5.74) is -0.475. The number of rotatable bonds is 10. The molecule has 2 atom stereocenters. The number of ether oxygens (including phenoxy) is 1. The van der Waals surface area contributed by atoms with Gasteiger partial charge in [0.2, 0.25) is 15.7 Å². The van der Waals surface area contributed by atoms with Crippen molar-refractivity contribution in [2.45, 2.75) is 36.5 Å². The summed E-state index contributed by atoms with van der Waals surface area (Å²) in [7, 11) is -8.53. The Kier molecular flexibility index (Phi) is 7.48. The van der Waals surface area contributed by atoms with Crippen molar-refractivity contribution in [1.29, 1.82) is 0 Å². The molecule has 3 rings (SSSR count). The molecule has 1 fully saturated rings. The maximum atomic E-state index is 14.0. The second kappa shape index (κ2) is 9.80. The van der Waals surface area contributed by atoms with Crippen LogP contribution in [-0.2, 0) is 25.8 Å². The average molecular weight is 509 g/mol. The molecule has 1 aliphatic heterocycles. The molecule has 182 valence electrons. The Morgan fingerprint density at radius 2 is 1.91 bits per heavy atom.